The zero-order valence-corrected chi connectivity index (χ0v) is 8.81. The molecule has 78 valence electrons. The molecule has 0 aromatic heterocycles. The quantitative estimate of drug-likeness (QED) is 0.553. The maximum absolute atomic E-state index is 10.9. The van der Waals surface area contributed by atoms with Crippen molar-refractivity contribution in [3.05, 3.63) is 16.9 Å². The largest absolute Gasteiger partial charge is 0.477 e. The van der Waals surface area contributed by atoms with Gasteiger partial charge in [0.2, 0.25) is 0 Å². The van der Waals surface area contributed by atoms with Gasteiger partial charge in [-0.2, -0.15) is 0 Å². The van der Waals surface area contributed by atoms with Gasteiger partial charge < -0.3 is 5.11 Å². The lowest BCUT2D eigenvalue weighted by atomic mass is 9.94. The Labute approximate surface area is 85.3 Å². The highest BCUT2D eigenvalue weighted by molar-refractivity contribution is 5.86. The second kappa shape index (κ2) is 5.66. The van der Waals surface area contributed by atoms with Gasteiger partial charge in [0.1, 0.15) is 0 Å². The summed E-state index contributed by atoms with van der Waals surface area (Å²) in [5.74, 6) is -0.801. The van der Waals surface area contributed by atoms with Crippen molar-refractivity contribution < 1.29 is 9.90 Å². The van der Waals surface area contributed by atoms with Crippen molar-refractivity contribution in [1.82, 2.24) is 0 Å². The molecular weight excluding hydrogens is 176 g/mol. The Bertz CT molecular complexity index is 262. The third-order valence-corrected chi connectivity index (χ3v) is 2.54. The van der Waals surface area contributed by atoms with Crippen LogP contribution in [0.3, 0.4) is 0 Å². The molecule has 0 atom stereocenters. The molecule has 1 aliphatic carbocycles. The highest BCUT2D eigenvalue weighted by atomic mass is 16.4. The lowest BCUT2D eigenvalue weighted by Gasteiger charge is -2.11. The fourth-order valence-electron chi connectivity index (χ4n) is 1.79. The van der Waals surface area contributed by atoms with Crippen molar-refractivity contribution in [2.75, 3.05) is 0 Å². The molecule has 0 aromatic carbocycles. The molecule has 0 aliphatic heterocycles. The summed E-state index contributed by atoms with van der Waals surface area (Å²) in [5, 5.41) is 8.92. The second-order valence-electron chi connectivity index (χ2n) is 3.82. The van der Waals surface area contributed by atoms with Gasteiger partial charge in [-0.15, -0.1) is 5.73 Å². The third kappa shape index (κ3) is 3.39. The maximum atomic E-state index is 10.9. The van der Waals surface area contributed by atoms with Crippen LogP contribution in [0, 0.1) is 0 Å². The van der Waals surface area contributed by atoms with Gasteiger partial charge in [-0.1, -0.05) is 19.8 Å². The smallest absolute Gasteiger partial charge is 0.339 e. The zero-order chi connectivity index (χ0) is 10.4. The van der Waals surface area contributed by atoms with Crippen molar-refractivity contribution in [2.24, 2.45) is 0 Å². The van der Waals surface area contributed by atoms with E-state index < -0.39 is 5.97 Å². The van der Waals surface area contributed by atoms with Crippen molar-refractivity contribution in [3.8, 4) is 0 Å². The third-order valence-electron chi connectivity index (χ3n) is 2.54. The van der Waals surface area contributed by atoms with E-state index in [2.05, 4.69) is 5.73 Å². The van der Waals surface area contributed by atoms with Crippen molar-refractivity contribution in [1.29, 1.82) is 0 Å². The molecule has 1 rings (SSSR count). The van der Waals surface area contributed by atoms with E-state index >= 15 is 0 Å². The number of rotatable bonds is 3. The maximum Gasteiger partial charge on any atom is 0.339 e. The number of carbonyl (C=O) groups is 1. The van der Waals surface area contributed by atoms with Gasteiger partial charge in [0.15, 0.2) is 0 Å². The first kappa shape index (κ1) is 11.1. The first-order valence-electron chi connectivity index (χ1n) is 5.45. The minimum atomic E-state index is -0.801. The highest BCUT2D eigenvalue weighted by Gasteiger charge is 2.08. The summed E-state index contributed by atoms with van der Waals surface area (Å²) in [5.41, 5.74) is 4.76. The minimum absolute atomic E-state index is 0.462. The predicted octanol–water partition coefficient (Wildman–Crippen LogP) is 3.29. The molecule has 0 heterocycles. The summed E-state index contributed by atoms with van der Waals surface area (Å²) >= 11 is 0. The van der Waals surface area contributed by atoms with E-state index in [1.54, 1.807) is 0 Å². The van der Waals surface area contributed by atoms with Crippen LogP contribution in [-0.2, 0) is 4.79 Å². The Morgan fingerprint density at radius 3 is 2.50 bits per heavy atom. The summed E-state index contributed by atoms with van der Waals surface area (Å²) in [7, 11) is 0. The molecule has 14 heavy (non-hydrogen) atoms. The van der Waals surface area contributed by atoms with Crippen LogP contribution in [0.15, 0.2) is 16.9 Å². The lowest BCUT2D eigenvalue weighted by Crippen LogP contribution is -2.00. The average molecular weight is 194 g/mol. The lowest BCUT2D eigenvalue weighted by molar-refractivity contribution is -0.132. The summed E-state index contributed by atoms with van der Waals surface area (Å²) in [6.45, 7) is 2.00. The van der Waals surface area contributed by atoms with E-state index in [-0.39, 0.29) is 0 Å². The number of carboxylic acids is 1. The monoisotopic (exact) mass is 194 g/mol. The Morgan fingerprint density at radius 1 is 1.36 bits per heavy atom. The SMILES string of the molecule is CCCC(=C=C1CCCCC1)C(=O)O. The van der Waals surface area contributed by atoms with Crippen LogP contribution in [0.2, 0.25) is 0 Å². The van der Waals surface area contributed by atoms with E-state index in [0.29, 0.717) is 12.0 Å². The van der Waals surface area contributed by atoms with Gasteiger partial charge in [-0.05, 0) is 37.7 Å². The number of aliphatic carboxylic acids is 1. The van der Waals surface area contributed by atoms with Crippen LogP contribution in [0.4, 0.5) is 0 Å². The first-order valence-corrected chi connectivity index (χ1v) is 5.45. The molecule has 0 unspecified atom stereocenters. The van der Waals surface area contributed by atoms with Crippen molar-refractivity contribution >= 4 is 5.97 Å². The number of hydrogen-bond acceptors (Lipinski definition) is 1. The summed E-state index contributed by atoms with van der Waals surface area (Å²) in [6, 6.07) is 0. The number of hydrogen-bond donors (Lipinski definition) is 1. The molecule has 0 saturated heterocycles. The van der Waals surface area contributed by atoms with Crippen molar-refractivity contribution in [2.45, 2.75) is 51.9 Å². The standard InChI is InChI=1S/C12H18O2/c1-2-6-11(12(13)14)9-10-7-4-3-5-8-10/h2-8H2,1H3,(H,13,14). The molecule has 2 heteroatoms. The van der Waals surface area contributed by atoms with Crippen LogP contribution in [0.25, 0.3) is 0 Å². The van der Waals surface area contributed by atoms with E-state index in [1.165, 1.54) is 24.8 Å². The predicted molar refractivity (Wildman–Crippen MR) is 56.2 cm³/mol. The Morgan fingerprint density at radius 2 is 2.00 bits per heavy atom. The molecule has 0 spiro atoms. The fraction of sp³-hybridized carbons (Fsp3) is 0.667. The Kier molecular flexibility index (Phi) is 4.48. The molecule has 0 bridgehead atoms. The van der Waals surface area contributed by atoms with E-state index in [4.69, 9.17) is 5.11 Å². The normalized spacial score (nSPS) is 16.2. The molecule has 0 amide bonds. The number of carboxylic acid groups (broad SMARTS) is 1. The first-order chi connectivity index (χ1) is 6.74. The van der Waals surface area contributed by atoms with Crippen LogP contribution < -0.4 is 0 Å². The average Bonchev–Trinajstić information content (AvgIpc) is 2.18. The van der Waals surface area contributed by atoms with Crippen LogP contribution in [0.1, 0.15) is 51.9 Å². The topological polar surface area (TPSA) is 37.3 Å². The van der Waals surface area contributed by atoms with Gasteiger partial charge >= 0.3 is 5.97 Å². The molecule has 1 fully saturated rings. The van der Waals surface area contributed by atoms with E-state index in [9.17, 15) is 4.79 Å². The van der Waals surface area contributed by atoms with Crippen molar-refractivity contribution in [3.63, 3.8) is 0 Å². The van der Waals surface area contributed by atoms with Crippen LogP contribution >= 0.6 is 0 Å². The summed E-state index contributed by atoms with van der Waals surface area (Å²) < 4.78 is 0. The molecule has 0 radical (unpaired) electrons. The highest BCUT2D eigenvalue weighted by Crippen LogP contribution is 2.22. The second-order valence-corrected chi connectivity index (χ2v) is 3.82. The van der Waals surface area contributed by atoms with Gasteiger partial charge in [0.05, 0.1) is 5.57 Å². The minimum Gasteiger partial charge on any atom is -0.477 e. The van der Waals surface area contributed by atoms with Crippen LogP contribution in [0.5, 0.6) is 0 Å². The fourth-order valence-corrected chi connectivity index (χ4v) is 1.79. The molecule has 1 N–H and O–H groups in total. The Hall–Kier alpha value is -1.01. The van der Waals surface area contributed by atoms with Gasteiger partial charge in [0, 0.05) is 0 Å². The van der Waals surface area contributed by atoms with E-state index in [0.717, 1.165) is 19.3 Å². The van der Waals surface area contributed by atoms with E-state index in [1.807, 2.05) is 6.92 Å². The molecule has 1 aliphatic rings. The van der Waals surface area contributed by atoms with Crippen LogP contribution in [-0.4, -0.2) is 11.1 Å². The van der Waals surface area contributed by atoms with Gasteiger partial charge in [-0.3, -0.25) is 0 Å². The molecule has 1 saturated carbocycles. The molecule has 0 aromatic rings. The Balaban J connectivity index is 2.81. The zero-order valence-electron chi connectivity index (χ0n) is 8.81. The van der Waals surface area contributed by atoms with Gasteiger partial charge in [-0.25, -0.2) is 4.79 Å². The molecule has 2 nitrogen and oxygen atoms in total. The summed E-state index contributed by atoms with van der Waals surface area (Å²) in [4.78, 5) is 10.9. The summed E-state index contributed by atoms with van der Waals surface area (Å²) in [6.07, 6.45) is 7.27. The van der Waals surface area contributed by atoms with Gasteiger partial charge in [0.25, 0.3) is 0 Å². The molecular formula is C12H18O2.